The Bertz CT molecular complexity index is 963. The van der Waals surface area contributed by atoms with Gasteiger partial charge in [-0.05, 0) is 34.9 Å². The summed E-state index contributed by atoms with van der Waals surface area (Å²) in [5.41, 5.74) is 0.868. The quantitative estimate of drug-likeness (QED) is 0.535. The van der Waals surface area contributed by atoms with E-state index in [0.717, 1.165) is 10.8 Å². The molecule has 0 radical (unpaired) electrons. The van der Waals surface area contributed by atoms with E-state index in [2.05, 4.69) is 5.32 Å². The zero-order chi connectivity index (χ0) is 18.1. The Morgan fingerprint density at radius 1 is 0.880 bits per heavy atom. The van der Waals surface area contributed by atoms with Crippen LogP contribution in [0.1, 0.15) is 35.7 Å². The molecule has 3 rings (SSSR count). The fourth-order valence-corrected chi connectivity index (χ4v) is 2.75. The number of nitrogens with one attached hydrogen (secondary N) is 1. The molecule has 25 heavy (non-hydrogen) atoms. The van der Waals surface area contributed by atoms with Crippen molar-refractivity contribution in [2.45, 2.75) is 19.8 Å². The van der Waals surface area contributed by atoms with Crippen molar-refractivity contribution in [1.82, 2.24) is 0 Å². The van der Waals surface area contributed by atoms with Crippen molar-refractivity contribution in [3.8, 4) is 17.2 Å². The molecule has 0 saturated heterocycles. The van der Waals surface area contributed by atoms with E-state index in [1.54, 1.807) is 6.07 Å². The fourth-order valence-electron chi connectivity index (χ4n) is 2.75. The molecule has 3 aromatic carbocycles. The van der Waals surface area contributed by atoms with Gasteiger partial charge in [0.15, 0.2) is 11.5 Å². The summed E-state index contributed by atoms with van der Waals surface area (Å²) in [6.07, 6.45) is 0. The topological polar surface area (TPSA) is 89.8 Å². The van der Waals surface area contributed by atoms with E-state index in [1.165, 1.54) is 6.07 Å². The third kappa shape index (κ3) is 3.08. The van der Waals surface area contributed by atoms with Gasteiger partial charge < -0.3 is 20.6 Å². The number of hydrogen-bond acceptors (Lipinski definition) is 4. The molecule has 0 bridgehead atoms. The highest BCUT2D eigenvalue weighted by molar-refractivity contribution is 6.07. The number of carbonyl (C=O) groups excluding carboxylic acids is 1. The molecular formula is C20H19NO4. The van der Waals surface area contributed by atoms with Crippen LogP contribution in [-0.4, -0.2) is 21.2 Å². The van der Waals surface area contributed by atoms with Crippen LogP contribution in [0.15, 0.2) is 48.5 Å². The minimum Gasteiger partial charge on any atom is -0.504 e. The van der Waals surface area contributed by atoms with Gasteiger partial charge in [-0.2, -0.15) is 0 Å². The summed E-state index contributed by atoms with van der Waals surface area (Å²) in [4.78, 5) is 12.5. The fraction of sp³-hybridized carbons (Fsp3) is 0.150. The molecule has 0 aliphatic carbocycles. The zero-order valence-electron chi connectivity index (χ0n) is 13.9. The number of hydrogen-bond donors (Lipinski definition) is 4. The Morgan fingerprint density at radius 3 is 2.24 bits per heavy atom. The van der Waals surface area contributed by atoms with E-state index in [1.807, 2.05) is 50.2 Å². The number of phenols is 3. The third-order valence-corrected chi connectivity index (χ3v) is 4.15. The summed E-state index contributed by atoms with van der Waals surface area (Å²) in [5, 5.41) is 34.6. The Labute approximate surface area is 145 Å². The van der Waals surface area contributed by atoms with Crippen molar-refractivity contribution < 1.29 is 20.1 Å². The van der Waals surface area contributed by atoms with E-state index in [-0.39, 0.29) is 11.5 Å². The highest BCUT2D eigenvalue weighted by Crippen LogP contribution is 2.43. The largest absolute Gasteiger partial charge is 0.504 e. The summed E-state index contributed by atoms with van der Waals surface area (Å²) in [6, 6.07) is 14.6. The zero-order valence-corrected chi connectivity index (χ0v) is 13.9. The van der Waals surface area contributed by atoms with Gasteiger partial charge in [0.2, 0.25) is 5.75 Å². The predicted molar refractivity (Wildman–Crippen MR) is 97.4 cm³/mol. The average molecular weight is 337 g/mol. The molecule has 128 valence electrons. The van der Waals surface area contributed by atoms with E-state index >= 15 is 0 Å². The van der Waals surface area contributed by atoms with E-state index in [9.17, 15) is 20.1 Å². The number of benzene rings is 3. The first-order valence-corrected chi connectivity index (χ1v) is 7.96. The van der Waals surface area contributed by atoms with Crippen LogP contribution in [0.4, 0.5) is 5.69 Å². The number of anilines is 1. The lowest BCUT2D eigenvalue weighted by Gasteiger charge is -2.15. The van der Waals surface area contributed by atoms with Crippen LogP contribution in [0.5, 0.6) is 17.2 Å². The molecule has 0 atom stereocenters. The summed E-state index contributed by atoms with van der Waals surface area (Å²) >= 11 is 0. The van der Waals surface area contributed by atoms with Crippen molar-refractivity contribution in [2.75, 3.05) is 5.32 Å². The summed E-state index contributed by atoms with van der Waals surface area (Å²) in [7, 11) is 0. The third-order valence-electron chi connectivity index (χ3n) is 4.15. The van der Waals surface area contributed by atoms with Crippen molar-refractivity contribution in [3.63, 3.8) is 0 Å². The average Bonchev–Trinajstić information content (AvgIpc) is 2.59. The number of carbonyl (C=O) groups is 1. The second kappa shape index (κ2) is 6.36. The molecule has 0 saturated carbocycles. The number of fused-ring (bicyclic) bond motifs is 1. The van der Waals surface area contributed by atoms with Gasteiger partial charge in [0.1, 0.15) is 0 Å². The van der Waals surface area contributed by atoms with Crippen LogP contribution in [-0.2, 0) is 0 Å². The van der Waals surface area contributed by atoms with Crippen LogP contribution < -0.4 is 5.32 Å². The Hall–Kier alpha value is -3.21. The Balaban J connectivity index is 1.97. The molecule has 0 fully saturated rings. The standard InChI is InChI=1S/C20H19NO4/c1-11(2)15-10-16(18(23)19(24)17(15)22)20(25)21-14-8-7-12-5-3-4-6-13(12)9-14/h3-11,22-24H,1-2H3,(H,21,25). The molecule has 0 spiro atoms. The minimum atomic E-state index is -0.685. The molecule has 3 aromatic rings. The highest BCUT2D eigenvalue weighted by atomic mass is 16.3. The second-order valence-corrected chi connectivity index (χ2v) is 6.23. The number of phenolic OH excluding ortho intramolecular Hbond substituents is 3. The van der Waals surface area contributed by atoms with Crippen molar-refractivity contribution in [2.24, 2.45) is 0 Å². The lowest BCUT2D eigenvalue weighted by atomic mass is 9.97. The molecule has 5 heteroatoms. The smallest absolute Gasteiger partial charge is 0.259 e. The van der Waals surface area contributed by atoms with Crippen molar-refractivity contribution in [1.29, 1.82) is 0 Å². The number of rotatable bonds is 3. The first kappa shape index (κ1) is 16.6. The van der Waals surface area contributed by atoms with Gasteiger partial charge in [-0.3, -0.25) is 4.79 Å². The van der Waals surface area contributed by atoms with Gasteiger partial charge in [-0.1, -0.05) is 44.2 Å². The minimum absolute atomic E-state index is 0.0906. The first-order valence-electron chi connectivity index (χ1n) is 7.96. The van der Waals surface area contributed by atoms with Crippen molar-refractivity contribution in [3.05, 3.63) is 59.7 Å². The summed E-state index contributed by atoms with van der Waals surface area (Å²) in [6.45, 7) is 3.63. The molecular weight excluding hydrogens is 318 g/mol. The highest BCUT2D eigenvalue weighted by Gasteiger charge is 2.22. The molecule has 0 aromatic heterocycles. The maximum absolute atomic E-state index is 12.5. The summed E-state index contributed by atoms with van der Waals surface area (Å²) in [5.74, 6) is -2.42. The van der Waals surface area contributed by atoms with Crippen LogP contribution in [0.3, 0.4) is 0 Å². The van der Waals surface area contributed by atoms with E-state index in [0.29, 0.717) is 11.3 Å². The SMILES string of the molecule is CC(C)c1cc(C(=O)Nc2ccc3ccccc3c2)c(O)c(O)c1O. The van der Waals surface area contributed by atoms with Gasteiger partial charge in [0.25, 0.3) is 5.91 Å². The van der Waals surface area contributed by atoms with Gasteiger partial charge >= 0.3 is 0 Å². The Kier molecular flexibility index (Phi) is 4.23. The molecule has 4 N–H and O–H groups in total. The molecule has 0 aliphatic rings. The monoisotopic (exact) mass is 337 g/mol. The first-order chi connectivity index (χ1) is 11.9. The molecule has 1 amide bonds. The molecule has 0 aliphatic heterocycles. The molecule has 0 unspecified atom stereocenters. The van der Waals surface area contributed by atoms with Gasteiger partial charge in [0.05, 0.1) is 5.56 Å². The van der Waals surface area contributed by atoms with E-state index in [4.69, 9.17) is 0 Å². The van der Waals surface area contributed by atoms with Crippen LogP contribution in [0, 0.1) is 0 Å². The van der Waals surface area contributed by atoms with Gasteiger partial charge in [0, 0.05) is 11.3 Å². The van der Waals surface area contributed by atoms with E-state index < -0.39 is 23.2 Å². The summed E-state index contributed by atoms with van der Waals surface area (Å²) < 4.78 is 0. The number of amides is 1. The van der Waals surface area contributed by atoms with Crippen molar-refractivity contribution >= 4 is 22.4 Å². The number of aromatic hydroxyl groups is 3. The Morgan fingerprint density at radius 2 is 1.56 bits per heavy atom. The lowest BCUT2D eigenvalue weighted by Crippen LogP contribution is -2.13. The van der Waals surface area contributed by atoms with Crippen LogP contribution in [0.25, 0.3) is 10.8 Å². The maximum Gasteiger partial charge on any atom is 0.259 e. The predicted octanol–water partition coefficient (Wildman–Crippen LogP) is 4.33. The molecule has 0 heterocycles. The lowest BCUT2D eigenvalue weighted by molar-refractivity contribution is 0.102. The normalized spacial score (nSPS) is 11.0. The van der Waals surface area contributed by atoms with Crippen LogP contribution in [0.2, 0.25) is 0 Å². The van der Waals surface area contributed by atoms with Gasteiger partial charge in [-0.15, -0.1) is 0 Å². The van der Waals surface area contributed by atoms with Gasteiger partial charge in [-0.25, -0.2) is 0 Å². The second-order valence-electron chi connectivity index (χ2n) is 6.23. The molecule has 5 nitrogen and oxygen atoms in total. The van der Waals surface area contributed by atoms with Crippen LogP contribution >= 0.6 is 0 Å². The maximum atomic E-state index is 12.5.